The largest absolute Gasteiger partial charge is 0.375 e. The summed E-state index contributed by atoms with van der Waals surface area (Å²) in [6.07, 6.45) is 4.15. The first-order valence-electron chi connectivity index (χ1n) is 8.63. The minimum Gasteiger partial charge on any atom is -0.375 e. The van der Waals surface area contributed by atoms with Gasteiger partial charge in [-0.05, 0) is 52.8 Å². The summed E-state index contributed by atoms with van der Waals surface area (Å²) in [5, 5.41) is 3.16. The maximum absolute atomic E-state index is 12.3. The molecule has 4 nitrogen and oxygen atoms in total. The zero-order valence-corrected chi connectivity index (χ0v) is 14.8. The average Bonchev–Trinajstić information content (AvgIpc) is 2.91. The fraction of sp³-hybridized carbons (Fsp3) is 0.632. The molecule has 0 unspecified atom stereocenters. The van der Waals surface area contributed by atoms with Crippen LogP contribution in [-0.2, 0) is 9.53 Å². The minimum absolute atomic E-state index is 0.0586. The van der Waals surface area contributed by atoms with Gasteiger partial charge in [0.2, 0.25) is 5.91 Å². The third-order valence-corrected chi connectivity index (χ3v) is 4.57. The van der Waals surface area contributed by atoms with Crippen molar-refractivity contribution in [3.05, 3.63) is 35.9 Å². The van der Waals surface area contributed by atoms with Gasteiger partial charge >= 0.3 is 0 Å². The van der Waals surface area contributed by atoms with E-state index >= 15 is 0 Å². The molecule has 4 atom stereocenters. The van der Waals surface area contributed by atoms with Crippen molar-refractivity contribution in [1.29, 1.82) is 0 Å². The second-order valence-electron chi connectivity index (χ2n) is 6.86. The van der Waals surface area contributed by atoms with Crippen molar-refractivity contribution in [1.82, 2.24) is 10.2 Å². The molecule has 1 heterocycles. The van der Waals surface area contributed by atoms with E-state index < -0.39 is 0 Å². The van der Waals surface area contributed by atoms with Crippen molar-refractivity contribution in [2.45, 2.75) is 63.8 Å². The molecule has 4 heteroatoms. The van der Waals surface area contributed by atoms with Crippen LogP contribution in [0.3, 0.4) is 0 Å². The molecule has 128 valence electrons. The van der Waals surface area contributed by atoms with E-state index in [1.807, 2.05) is 32.3 Å². The van der Waals surface area contributed by atoms with Gasteiger partial charge in [-0.1, -0.05) is 30.3 Å². The van der Waals surface area contributed by atoms with E-state index in [-0.39, 0.29) is 24.1 Å². The first kappa shape index (κ1) is 18.0. The fourth-order valence-electron chi connectivity index (χ4n) is 3.48. The van der Waals surface area contributed by atoms with Gasteiger partial charge in [0.15, 0.2) is 0 Å². The van der Waals surface area contributed by atoms with E-state index in [9.17, 15) is 4.79 Å². The van der Waals surface area contributed by atoms with Crippen LogP contribution in [0.25, 0.3) is 0 Å². The van der Waals surface area contributed by atoms with E-state index in [0.717, 1.165) is 19.3 Å². The number of likely N-dealkylation sites (N-methyl/N-ethyl adjacent to an activating group) is 1. The van der Waals surface area contributed by atoms with E-state index in [4.69, 9.17) is 4.74 Å². The van der Waals surface area contributed by atoms with Crippen molar-refractivity contribution < 1.29 is 9.53 Å². The lowest BCUT2D eigenvalue weighted by Crippen LogP contribution is -2.42. The van der Waals surface area contributed by atoms with Crippen LogP contribution >= 0.6 is 0 Å². The van der Waals surface area contributed by atoms with Crippen LogP contribution in [0.15, 0.2) is 30.3 Å². The molecule has 0 saturated carbocycles. The molecule has 1 aliphatic heterocycles. The standard InChI is InChI=1S/C19H30N2O2/c1-14-10-11-17(23-14)12-13-18(22)20-15(2)19(21(3)4)16-8-6-5-7-9-16/h5-9,14-15,17,19H,10-13H2,1-4H3,(H,20,22)/t14-,15+,17-,19+/m1/s1. The Kier molecular flexibility index (Phi) is 6.60. The molecule has 1 N–H and O–H groups in total. The first-order valence-corrected chi connectivity index (χ1v) is 8.63. The number of nitrogens with zero attached hydrogens (tertiary/aromatic N) is 1. The summed E-state index contributed by atoms with van der Waals surface area (Å²) >= 11 is 0. The Morgan fingerprint density at radius 2 is 2.00 bits per heavy atom. The Morgan fingerprint density at radius 3 is 2.57 bits per heavy atom. The zero-order valence-electron chi connectivity index (χ0n) is 14.8. The molecule has 1 aliphatic rings. The molecule has 1 aromatic carbocycles. The van der Waals surface area contributed by atoms with Gasteiger partial charge in [-0.3, -0.25) is 4.79 Å². The molecule has 0 aromatic heterocycles. The lowest BCUT2D eigenvalue weighted by molar-refractivity contribution is -0.122. The van der Waals surface area contributed by atoms with E-state index in [1.165, 1.54) is 5.56 Å². The number of hydrogen-bond acceptors (Lipinski definition) is 3. The maximum atomic E-state index is 12.3. The Balaban J connectivity index is 1.85. The first-order chi connectivity index (χ1) is 11.0. The Morgan fingerprint density at radius 1 is 1.30 bits per heavy atom. The summed E-state index contributed by atoms with van der Waals surface area (Å²) in [6, 6.07) is 10.5. The molecule has 1 amide bonds. The molecule has 0 bridgehead atoms. The highest BCUT2D eigenvalue weighted by Gasteiger charge is 2.25. The van der Waals surface area contributed by atoms with Gasteiger partial charge in [0, 0.05) is 12.5 Å². The van der Waals surface area contributed by atoms with Gasteiger partial charge in [0.1, 0.15) is 0 Å². The fourth-order valence-corrected chi connectivity index (χ4v) is 3.48. The average molecular weight is 318 g/mol. The number of benzene rings is 1. The van der Waals surface area contributed by atoms with Crippen molar-refractivity contribution in [2.24, 2.45) is 0 Å². The van der Waals surface area contributed by atoms with Crippen LogP contribution in [0.5, 0.6) is 0 Å². The highest BCUT2D eigenvalue weighted by atomic mass is 16.5. The Labute approximate surface area is 140 Å². The lowest BCUT2D eigenvalue weighted by atomic mass is 9.99. The number of ether oxygens (including phenoxy) is 1. The molecule has 2 rings (SSSR count). The number of rotatable bonds is 7. The SMILES string of the molecule is C[C@@H]1CC[C@H](CCC(=O)N[C@@H](C)[C@@H](c2ccccc2)N(C)C)O1. The van der Waals surface area contributed by atoms with E-state index in [1.54, 1.807) is 0 Å². The van der Waals surface area contributed by atoms with Crippen LogP contribution < -0.4 is 5.32 Å². The molecule has 0 aliphatic carbocycles. The van der Waals surface area contributed by atoms with Crippen LogP contribution in [0.1, 0.15) is 51.1 Å². The van der Waals surface area contributed by atoms with Gasteiger partial charge in [-0.25, -0.2) is 0 Å². The van der Waals surface area contributed by atoms with Crippen molar-refractivity contribution in [3.63, 3.8) is 0 Å². The molecular weight excluding hydrogens is 288 g/mol. The summed E-state index contributed by atoms with van der Waals surface area (Å²) < 4.78 is 5.78. The molecule has 0 radical (unpaired) electrons. The molecular formula is C19H30N2O2. The predicted octanol–water partition coefficient (Wildman–Crippen LogP) is 3.14. The number of nitrogens with one attached hydrogen (secondary N) is 1. The number of amides is 1. The molecule has 1 saturated heterocycles. The highest BCUT2D eigenvalue weighted by molar-refractivity contribution is 5.76. The topological polar surface area (TPSA) is 41.6 Å². The van der Waals surface area contributed by atoms with E-state index in [0.29, 0.717) is 12.5 Å². The number of carbonyl (C=O) groups is 1. The molecule has 1 fully saturated rings. The third kappa shape index (κ3) is 5.33. The lowest BCUT2D eigenvalue weighted by Gasteiger charge is -2.31. The van der Waals surface area contributed by atoms with Crippen LogP contribution in [0.2, 0.25) is 0 Å². The molecule has 1 aromatic rings. The Hall–Kier alpha value is -1.39. The molecule has 0 spiro atoms. The number of carbonyl (C=O) groups excluding carboxylic acids is 1. The monoisotopic (exact) mass is 318 g/mol. The number of hydrogen-bond donors (Lipinski definition) is 1. The normalized spacial score (nSPS) is 23.7. The quantitative estimate of drug-likeness (QED) is 0.840. The summed E-state index contributed by atoms with van der Waals surface area (Å²) in [5.74, 6) is 0.114. The summed E-state index contributed by atoms with van der Waals surface area (Å²) in [6.45, 7) is 4.17. The van der Waals surface area contributed by atoms with Crippen LogP contribution in [0.4, 0.5) is 0 Å². The molecule has 23 heavy (non-hydrogen) atoms. The van der Waals surface area contributed by atoms with Crippen molar-refractivity contribution in [2.75, 3.05) is 14.1 Å². The predicted molar refractivity (Wildman–Crippen MR) is 93.3 cm³/mol. The Bertz CT molecular complexity index is 489. The van der Waals surface area contributed by atoms with Crippen molar-refractivity contribution >= 4 is 5.91 Å². The van der Waals surface area contributed by atoms with Crippen LogP contribution in [-0.4, -0.2) is 43.2 Å². The van der Waals surface area contributed by atoms with Crippen molar-refractivity contribution in [3.8, 4) is 0 Å². The second-order valence-corrected chi connectivity index (χ2v) is 6.86. The van der Waals surface area contributed by atoms with Gasteiger partial charge in [-0.2, -0.15) is 0 Å². The minimum atomic E-state index is 0.0586. The van der Waals surface area contributed by atoms with E-state index in [2.05, 4.69) is 36.2 Å². The maximum Gasteiger partial charge on any atom is 0.220 e. The van der Waals surface area contributed by atoms with Gasteiger partial charge in [0.05, 0.1) is 18.2 Å². The van der Waals surface area contributed by atoms with Crippen LogP contribution in [0, 0.1) is 0 Å². The highest BCUT2D eigenvalue weighted by Crippen LogP contribution is 2.24. The zero-order chi connectivity index (χ0) is 16.8. The van der Waals surface area contributed by atoms with Gasteiger partial charge < -0.3 is 15.0 Å². The summed E-state index contributed by atoms with van der Waals surface area (Å²) in [7, 11) is 4.10. The summed E-state index contributed by atoms with van der Waals surface area (Å²) in [4.78, 5) is 14.4. The summed E-state index contributed by atoms with van der Waals surface area (Å²) in [5.41, 5.74) is 1.22. The van der Waals surface area contributed by atoms with Gasteiger partial charge in [0.25, 0.3) is 0 Å². The second kappa shape index (κ2) is 8.46. The van der Waals surface area contributed by atoms with Gasteiger partial charge in [-0.15, -0.1) is 0 Å². The smallest absolute Gasteiger partial charge is 0.220 e. The third-order valence-electron chi connectivity index (χ3n) is 4.57.